The van der Waals surface area contributed by atoms with Crippen LogP contribution in [0.4, 0.5) is 5.69 Å². The van der Waals surface area contributed by atoms with E-state index >= 15 is 0 Å². The highest BCUT2D eigenvalue weighted by molar-refractivity contribution is 7.10. The van der Waals surface area contributed by atoms with Gasteiger partial charge in [-0.3, -0.25) is 4.79 Å². The molecule has 1 aromatic carbocycles. The SMILES string of the molecule is O=C(CN1CCOc2ccccc21)N1CCc2sccc2C1. The fourth-order valence-corrected chi connectivity index (χ4v) is 4.01. The lowest BCUT2D eigenvalue weighted by Crippen LogP contribution is -2.44. The van der Waals surface area contributed by atoms with Crippen molar-refractivity contribution in [1.29, 1.82) is 0 Å². The third-order valence-corrected chi connectivity index (χ3v) is 5.33. The maximum atomic E-state index is 12.7. The summed E-state index contributed by atoms with van der Waals surface area (Å²) in [6, 6.07) is 10.1. The first-order valence-electron chi connectivity index (χ1n) is 7.61. The number of nitrogens with zero attached hydrogens (tertiary/aromatic N) is 2. The van der Waals surface area contributed by atoms with Crippen molar-refractivity contribution in [3.63, 3.8) is 0 Å². The molecule has 0 fully saturated rings. The molecule has 0 N–H and O–H groups in total. The number of rotatable bonds is 2. The minimum absolute atomic E-state index is 0.202. The van der Waals surface area contributed by atoms with Gasteiger partial charge in [0.25, 0.3) is 0 Å². The number of hydrogen-bond donors (Lipinski definition) is 0. The van der Waals surface area contributed by atoms with E-state index in [1.54, 1.807) is 11.3 Å². The highest BCUT2D eigenvalue weighted by Gasteiger charge is 2.25. The third-order valence-electron chi connectivity index (χ3n) is 4.31. The molecule has 4 rings (SSSR count). The molecule has 0 saturated heterocycles. The Hall–Kier alpha value is -2.01. The number of hydrogen-bond acceptors (Lipinski definition) is 4. The summed E-state index contributed by atoms with van der Waals surface area (Å²) in [7, 11) is 0. The molecule has 0 saturated carbocycles. The Morgan fingerprint density at radius 1 is 1.23 bits per heavy atom. The van der Waals surface area contributed by atoms with Crippen LogP contribution in [-0.4, -0.2) is 37.0 Å². The molecule has 5 heteroatoms. The predicted octanol–water partition coefficient (Wildman–Crippen LogP) is 2.53. The third kappa shape index (κ3) is 2.46. The summed E-state index contributed by atoms with van der Waals surface area (Å²) < 4.78 is 5.65. The highest BCUT2D eigenvalue weighted by Crippen LogP contribution is 2.31. The molecule has 0 atom stereocenters. The quantitative estimate of drug-likeness (QED) is 0.854. The first-order chi connectivity index (χ1) is 10.8. The minimum atomic E-state index is 0.202. The summed E-state index contributed by atoms with van der Waals surface area (Å²) in [5, 5.41) is 2.12. The first kappa shape index (κ1) is 13.6. The zero-order chi connectivity index (χ0) is 14.9. The second-order valence-electron chi connectivity index (χ2n) is 5.67. The zero-order valence-electron chi connectivity index (χ0n) is 12.3. The average Bonchev–Trinajstić information content (AvgIpc) is 3.02. The van der Waals surface area contributed by atoms with Gasteiger partial charge in [-0.2, -0.15) is 0 Å². The van der Waals surface area contributed by atoms with Crippen LogP contribution in [0, 0.1) is 0 Å². The number of thiophene rings is 1. The molecule has 22 heavy (non-hydrogen) atoms. The Balaban J connectivity index is 1.47. The molecule has 0 bridgehead atoms. The van der Waals surface area contributed by atoms with Crippen LogP contribution in [0.2, 0.25) is 0 Å². The fourth-order valence-electron chi connectivity index (χ4n) is 3.12. The predicted molar refractivity (Wildman–Crippen MR) is 87.6 cm³/mol. The molecular formula is C17H18N2O2S. The minimum Gasteiger partial charge on any atom is -0.490 e. The smallest absolute Gasteiger partial charge is 0.242 e. The molecular weight excluding hydrogens is 296 g/mol. The average molecular weight is 314 g/mol. The van der Waals surface area contributed by atoms with E-state index in [-0.39, 0.29) is 5.91 Å². The first-order valence-corrected chi connectivity index (χ1v) is 8.49. The van der Waals surface area contributed by atoms with Gasteiger partial charge in [-0.15, -0.1) is 11.3 Å². The van der Waals surface area contributed by atoms with Gasteiger partial charge in [0, 0.05) is 18.0 Å². The maximum Gasteiger partial charge on any atom is 0.242 e. The lowest BCUT2D eigenvalue weighted by atomic mass is 10.1. The highest BCUT2D eigenvalue weighted by atomic mass is 32.1. The van der Waals surface area contributed by atoms with Gasteiger partial charge in [-0.05, 0) is 35.6 Å². The number of ether oxygens (including phenoxy) is 1. The van der Waals surface area contributed by atoms with Gasteiger partial charge >= 0.3 is 0 Å². The second-order valence-corrected chi connectivity index (χ2v) is 6.67. The Labute approximate surface area is 133 Å². The van der Waals surface area contributed by atoms with Crippen LogP contribution in [0.1, 0.15) is 10.4 Å². The lowest BCUT2D eigenvalue weighted by molar-refractivity contribution is -0.130. The van der Waals surface area contributed by atoms with E-state index in [9.17, 15) is 4.79 Å². The summed E-state index contributed by atoms with van der Waals surface area (Å²) in [4.78, 5) is 18.2. The van der Waals surface area contributed by atoms with Gasteiger partial charge in [0.1, 0.15) is 12.4 Å². The Bertz CT molecular complexity index is 697. The molecule has 0 aliphatic carbocycles. The van der Waals surface area contributed by atoms with Crippen LogP contribution in [0.25, 0.3) is 0 Å². The van der Waals surface area contributed by atoms with Crippen molar-refractivity contribution in [1.82, 2.24) is 4.90 Å². The van der Waals surface area contributed by atoms with E-state index in [1.807, 2.05) is 29.2 Å². The number of fused-ring (bicyclic) bond motifs is 2. The molecule has 114 valence electrons. The van der Waals surface area contributed by atoms with Crippen molar-refractivity contribution in [3.8, 4) is 5.75 Å². The largest absolute Gasteiger partial charge is 0.490 e. The van der Waals surface area contributed by atoms with Gasteiger partial charge < -0.3 is 14.5 Å². The molecule has 2 aliphatic heterocycles. The summed E-state index contributed by atoms with van der Waals surface area (Å²) >= 11 is 1.80. The molecule has 4 nitrogen and oxygen atoms in total. The van der Waals surface area contributed by atoms with Crippen molar-refractivity contribution in [2.75, 3.05) is 31.1 Å². The van der Waals surface area contributed by atoms with E-state index in [4.69, 9.17) is 4.74 Å². The summed E-state index contributed by atoms with van der Waals surface area (Å²) in [6.07, 6.45) is 0.985. The van der Waals surface area contributed by atoms with Crippen LogP contribution in [0.5, 0.6) is 5.75 Å². The van der Waals surface area contributed by atoms with Crippen molar-refractivity contribution < 1.29 is 9.53 Å². The van der Waals surface area contributed by atoms with Gasteiger partial charge in [0.05, 0.1) is 18.8 Å². The van der Waals surface area contributed by atoms with Crippen LogP contribution in [-0.2, 0) is 17.8 Å². The van der Waals surface area contributed by atoms with Crippen LogP contribution >= 0.6 is 11.3 Å². The maximum absolute atomic E-state index is 12.7. The molecule has 1 aromatic heterocycles. The number of amides is 1. The van der Waals surface area contributed by atoms with Crippen molar-refractivity contribution in [2.24, 2.45) is 0 Å². The van der Waals surface area contributed by atoms with Gasteiger partial charge in [0.15, 0.2) is 0 Å². The van der Waals surface area contributed by atoms with Crippen LogP contribution in [0.3, 0.4) is 0 Å². The Morgan fingerprint density at radius 2 is 2.14 bits per heavy atom. The molecule has 0 radical (unpaired) electrons. The molecule has 0 unspecified atom stereocenters. The summed E-state index contributed by atoms with van der Waals surface area (Å²) in [6.45, 7) is 3.42. The Morgan fingerprint density at radius 3 is 3.09 bits per heavy atom. The van der Waals surface area contributed by atoms with E-state index in [1.165, 1.54) is 10.4 Å². The Kier molecular flexibility index (Phi) is 3.50. The topological polar surface area (TPSA) is 32.8 Å². The molecule has 3 heterocycles. The monoisotopic (exact) mass is 314 g/mol. The molecule has 0 spiro atoms. The number of carbonyl (C=O) groups is 1. The normalized spacial score (nSPS) is 16.7. The van der Waals surface area contributed by atoms with Crippen LogP contribution in [0.15, 0.2) is 35.7 Å². The second kappa shape index (κ2) is 5.65. The number of carbonyl (C=O) groups excluding carboxylic acids is 1. The molecule has 1 amide bonds. The van der Waals surface area contributed by atoms with Gasteiger partial charge in [0.2, 0.25) is 5.91 Å². The van der Waals surface area contributed by atoms with Crippen LogP contribution < -0.4 is 9.64 Å². The standard InChI is InChI=1S/C17H18N2O2S/c20-17(19-7-5-16-13(11-19)6-10-22-16)12-18-8-9-21-15-4-2-1-3-14(15)18/h1-4,6,10H,5,7-9,11-12H2. The van der Waals surface area contributed by atoms with E-state index in [0.717, 1.165) is 37.5 Å². The van der Waals surface area contributed by atoms with Crippen molar-refractivity contribution >= 4 is 22.9 Å². The lowest BCUT2D eigenvalue weighted by Gasteiger charge is -2.33. The number of para-hydroxylation sites is 2. The van der Waals surface area contributed by atoms with Gasteiger partial charge in [-0.25, -0.2) is 0 Å². The van der Waals surface area contributed by atoms with E-state index in [0.29, 0.717) is 13.2 Å². The fraction of sp³-hybridized carbons (Fsp3) is 0.353. The summed E-state index contributed by atoms with van der Waals surface area (Å²) in [5.74, 6) is 1.08. The zero-order valence-corrected chi connectivity index (χ0v) is 13.1. The summed E-state index contributed by atoms with van der Waals surface area (Å²) in [5.41, 5.74) is 2.34. The molecule has 2 aromatic rings. The number of anilines is 1. The van der Waals surface area contributed by atoms with E-state index in [2.05, 4.69) is 16.3 Å². The van der Waals surface area contributed by atoms with Crippen molar-refractivity contribution in [2.45, 2.75) is 13.0 Å². The molecule has 2 aliphatic rings. The van der Waals surface area contributed by atoms with Crippen molar-refractivity contribution in [3.05, 3.63) is 46.2 Å². The number of benzene rings is 1. The van der Waals surface area contributed by atoms with E-state index < -0.39 is 0 Å². The van der Waals surface area contributed by atoms with Gasteiger partial charge in [-0.1, -0.05) is 12.1 Å².